The van der Waals surface area contributed by atoms with Gasteiger partial charge in [-0.15, -0.1) is 0 Å². The summed E-state index contributed by atoms with van der Waals surface area (Å²) in [6.45, 7) is 25.5. The van der Waals surface area contributed by atoms with Crippen molar-refractivity contribution < 1.29 is 20.4 Å². The van der Waals surface area contributed by atoms with Gasteiger partial charge in [-0.2, -0.15) is 0 Å². The Labute approximate surface area is 283 Å². The first-order valence-electron chi connectivity index (χ1n) is 16.8. The van der Waals surface area contributed by atoms with Crippen LogP contribution in [0.15, 0.2) is 60.7 Å². The average Bonchev–Trinajstić information content (AvgIpc) is 2.92. The molecular formula is C43H56O4. The van der Waals surface area contributed by atoms with Crippen LogP contribution in [-0.2, 0) is 40.9 Å². The van der Waals surface area contributed by atoms with Gasteiger partial charge in [-0.25, -0.2) is 0 Å². The number of phenolic OH excluding ortho intramolecular Hbond substituents is 4. The lowest BCUT2D eigenvalue weighted by Crippen LogP contribution is -2.14. The maximum Gasteiger partial charge on any atom is 0.122 e. The van der Waals surface area contributed by atoms with Crippen LogP contribution in [0.5, 0.6) is 23.0 Å². The second kappa shape index (κ2) is 12.6. The summed E-state index contributed by atoms with van der Waals surface area (Å²) in [7, 11) is 0. The zero-order valence-corrected chi connectivity index (χ0v) is 30.7. The molecule has 0 aromatic heterocycles. The van der Waals surface area contributed by atoms with E-state index in [9.17, 15) is 20.4 Å². The zero-order valence-electron chi connectivity index (χ0n) is 30.7. The maximum atomic E-state index is 11.8. The summed E-state index contributed by atoms with van der Waals surface area (Å²) >= 11 is 0. The van der Waals surface area contributed by atoms with E-state index in [1.165, 1.54) is 0 Å². The van der Waals surface area contributed by atoms with E-state index in [0.717, 1.165) is 55.6 Å². The predicted octanol–water partition coefficient (Wildman–Crippen LogP) is 10.5. The highest BCUT2D eigenvalue weighted by Gasteiger charge is 2.25. The fourth-order valence-corrected chi connectivity index (χ4v) is 6.16. The second-order valence-corrected chi connectivity index (χ2v) is 17.5. The first-order valence-corrected chi connectivity index (χ1v) is 16.8. The number of rotatable bonds is 6. The molecule has 4 heteroatoms. The Balaban J connectivity index is 1.83. The van der Waals surface area contributed by atoms with Gasteiger partial charge in [0.25, 0.3) is 0 Å². The second-order valence-electron chi connectivity index (χ2n) is 17.5. The first kappa shape index (κ1) is 35.9. The Kier molecular flexibility index (Phi) is 9.63. The van der Waals surface area contributed by atoms with Crippen LogP contribution in [0.4, 0.5) is 0 Å². The Bertz CT molecular complexity index is 1640. The van der Waals surface area contributed by atoms with Gasteiger partial charge in [-0.05, 0) is 89.4 Å². The molecule has 0 aliphatic heterocycles. The summed E-state index contributed by atoms with van der Waals surface area (Å²) in [6.07, 6.45) is 1.40. The van der Waals surface area contributed by atoms with E-state index < -0.39 is 0 Å². The Morgan fingerprint density at radius 3 is 0.957 bits per heavy atom. The summed E-state index contributed by atoms with van der Waals surface area (Å²) in [5.74, 6) is 1.03. The quantitative estimate of drug-likeness (QED) is 0.170. The fourth-order valence-electron chi connectivity index (χ4n) is 6.16. The van der Waals surface area contributed by atoms with E-state index in [4.69, 9.17) is 0 Å². The van der Waals surface area contributed by atoms with E-state index in [0.29, 0.717) is 19.3 Å². The molecule has 4 N–H and O–H groups in total. The van der Waals surface area contributed by atoms with Crippen molar-refractivity contribution >= 4 is 0 Å². The molecule has 0 radical (unpaired) electrons. The normalized spacial score (nSPS) is 12.9. The molecule has 0 saturated heterocycles. The summed E-state index contributed by atoms with van der Waals surface area (Å²) in [4.78, 5) is 0. The molecule has 0 aliphatic carbocycles. The number of hydrogen-bond acceptors (Lipinski definition) is 4. The van der Waals surface area contributed by atoms with E-state index in [1.54, 1.807) is 12.1 Å². The summed E-state index contributed by atoms with van der Waals surface area (Å²) in [5.41, 5.74) is 8.44. The highest BCUT2D eigenvalue weighted by Crippen LogP contribution is 2.40. The van der Waals surface area contributed by atoms with E-state index in [-0.39, 0.29) is 44.7 Å². The summed E-state index contributed by atoms with van der Waals surface area (Å²) in [6, 6.07) is 19.8. The van der Waals surface area contributed by atoms with Gasteiger partial charge in [-0.1, -0.05) is 132 Å². The lowest BCUT2D eigenvalue weighted by Gasteiger charge is -2.25. The number of phenols is 4. The van der Waals surface area contributed by atoms with Crippen LogP contribution in [0.1, 0.15) is 139 Å². The molecule has 0 fully saturated rings. The maximum absolute atomic E-state index is 11.8. The van der Waals surface area contributed by atoms with Crippen molar-refractivity contribution in [3.8, 4) is 23.0 Å². The van der Waals surface area contributed by atoms with Crippen LogP contribution in [0, 0.1) is 0 Å². The molecule has 0 amide bonds. The van der Waals surface area contributed by atoms with Gasteiger partial charge in [-0.3, -0.25) is 0 Å². The largest absolute Gasteiger partial charge is 0.508 e. The average molecular weight is 637 g/mol. The van der Waals surface area contributed by atoms with Crippen LogP contribution in [0.2, 0.25) is 0 Å². The van der Waals surface area contributed by atoms with Crippen LogP contribution in [-0.4, -0.2) is 20.4 Å². The summed E-state index contributed by atoms with van der Waals surface area (Å²) < 4.78 is 0. The molecule has 0 aliphatic rings. The number of hydrogen-bond donors (Lipinski definition) is 4. The first-order chi connectivity index (χ1) is 21.4. The molecule has 0 heterocycles. The monoisotopic (exact) mass is 636 g/mol. The van der Waals surface area contributed by atoms with Gasteiger partial charge < -0.3 is 20.4 Å². The topological polar surface area (TPSA) is 80.9 Å². The predicted molar refractivity (Wildman–Crippen MR) is 196 cm³/mol. The minimum atomic E-state index is -0.220. The van der Waals surface area contributed by atoms with Gasteiger partial charge in [0.05, 0.1) is 0 Å². The molecule has 0 atom stereocenters. The van der Waals surface area contributed by atoms with Crippen molar-refractivity contribution in [3.63, 3.8) is 0 Å². The molecule has 0 spiro atoms. The third-order valence-corrected chi connectivity index (χ3v) is 9.18. The zero-order chi connectivity index (χ0) is 35.3. The highest BCUT2D eigenvalue weighted by atomic mass is 16.3. The van der Waals surface area contributed by atoms with E-state index >= 15 is 0 Å². The molecule has 47 heavy (non-hydrogen) atoms. The number of benzene rings is 4. The Morgan fingerprint density at radius 2 is 0.681 bits per heavy atom. The molecule has 0 saturated carbocycles. The third kappa shape index (κ3) is 8.33. The van der Waals surface area contributed by atoms with Crippen LogP contribution in [0.25, 0.3) is 0 Å². The van der Waals surface area contributed by atoms with Gasteiger partial charge >= 0.3 is 0 Å². The van der Waals surface area contributed by atoms with E-state index in [2.05, 4.69) is 107 Å². The minimum absolute atomic E-state index is 0.160. The van der Waals surface area contributed by atoms with Crippen molar-refractivity contribution in [2.45, 2.75) is 124 Å². The molecule has 4 aromatic carbocycles. The SMILES string of the molecule is CC(C)(C)c1cc(Cc2ccc(O)c(C(C)(C)C)c2)c(O)c(Cc2cc(C(C)(C)C)cc(Cc3ccc(O)c(C(C)(C)C)c3)c2O)c1. The molecule has 0 bridgehead atoms. The minimum Gasteiger partial charge on any atom is -0.508 e. The van der Waals surface area contributed by atoms with E-state index in [1.807, 2.05) is 24.3 Å². The molecule has 252 valence electrons. The van der Waals surface area contributed by atoms with Crippen molar-refractivity contribution in [1.29, 1.82) is 0 Å². The molecule has 4 rings (SSSR count). The number of aromatic hydroxyl groups is 4. The van der Waals surface area contributed by atoms with Crippen molar-refractivity contribution in [3.05, 3.63) is 116 Å². The Hall–Kier alpha value is -3.92. The van der Waals surface area contributed by atoms with Gasteiger partial charge in [0, 0.05) is 19.3 Å². The highest BCUT2D eigenvalue weighted by molar-refractivity contribution is 5.55. The lowest BCUT2D eigenvalue weighted by atomic mass is 9.80. The van der Waals surface area contributed by atoms with Crippen LogP contribution in [0.3, 0.4) is 0 Å². The fraction of sp³-hybridized carbons (Fsp3) is 0.442. The van der Waals surface area contributed by atoms with Crippen molar-refractivity contribution in [1.82, 2.24) is 0 Å². The van der Waals surface area contributed by atoms with Crippen molar-refractivity contribution in [2.75, 3.05) is 0 Å². The standard InChI is InChI=1S/C43H56O4/c1-40(2,3)32-22-28(17-26-13-15-36(44)34(19-26)42(7,8)9)38(46)30(24-32)21-31-25-33(41(4,5)6)23-29(39(31)47)18-27-14-16-37(45)35(20-27)43(10,11)12/h13-16,19-20,22-25,44-47H,17-18,21H2,1-12H3. The van der Waals surface area contributed by atoms with Crippen LogP contribution >= 0.6 is 0 Å². The van der Waals surface area contributed by atoms with Gasteiger partial charge in [0.2, 0.25) is 0 Å². The molecular weight excluding hydrogens is 580 g/mol. The van der Waals surface area contributed by atoms with Gasteiger partial charge in [0.1, 0.15) is 23.0 Å². The lowest BCUT2D eigenvalue weighted by molar-refractivity contribution is 0.445. The third-order valence-electron chi connectivity index (χ3n) is 9.18. The van der Waals surface area contributed by atoms with Crippen LogP contribution < -0.4 is 0 Å². The summed E-state index contributed by atoms with van der Waals surface area (Å²) in [5, 5.41) is 44.7. The van der Waals surface area contributed by atoms with Gasteiger partial charge in [0.15, 0.2) is 0 Å². The van der Waals surface area contributed by atoms with Crippen molar-refractivity contribution in [2.24, 2.45) is 0 Å². The Morgan fingerprint density at radius 1 is 0.383 bits per heavy atom. The molecule has 4 nitrogen and oxygen atoms in total. The molecule has 4 aromatic rings. The molecule has 0 unspecified atom stereocenters. The smallest absolute Gasteiger partial charge is 0.122 e.